The molecular formula is C7H16N2. The fraction of sp³-hybridized carbons (Fsp3) is 1.00. The summed E-state index contributed by atoms with van der Waals surface area (Å²) < 4.78 is 0. The number of rotatable bonds is 3. The molecule has 0 aliphatic carbocycles. The molecule has 2 heteroatoms. The number of hydrogen-bond acceptors (Lipinski definition) is 2. The Hall–Kier alpha value is -0.0800. The Bertz CT molecular complexity index is 67.3. The summed E-state index contributed by atoms with van der Waals surface area (Å²) >= 11 is 0. The van der Waals surface area contributed by atoms with Gasteiger partial charge in [0.15, 0.2) is 0 Å². The van der Waals surface area contributed by atoms with Gasteiger partial charge in [-0.15, -0.1) is 0 Å². The van der Waals surface area contributed by atoms with E-state index in [2.05, 4.69) is 17.6 Å². The van der Waals surface area contributed by atoms with Gasteiger partial charge in [0, 0.05) is 0 Å². The van der Waals surface area contributed by atoms with Gasteiger partial charge in [0.25, 0.3) is 0 Å². The lowest BCUT2D eigenvalue weighted by atomic mass is 10.1. The lowest BCUT2D eigenvalue weighted by Gasteiger charge is -2.06. The molecule has 1 saturated heterocycles. The minimum absolute atomic E-state index is 0.893. The molecule has 0 amide bonds. The summed E-state index contributed by atoms with van der Waals surface area (Å²) in [7, 11) is 0. The van der Waals surface area contributed by atoms with Gasteiger partial charge in [-0.25, -0.2) is 0 Å². The van der Waals surface area contributed by atoms with E-state index in [9.17, 15) is 0 Å². The summed E-state index contributed by atoms with van der Waals surface area (Å²) in [6.45, 7) is 6.89. The summed E-state index contributed by atoms with van der Waals surface area (Å²) in [5.74, 6) is 0.893. The second-order valence-corrected chi connectivity index (χ2v) is 2.67. The van der Waals surface area contributed by atoms with Gasteiger partial charge < -0.3 is 10.6 Å². The van der Waals surface area contributed by atoms with Gasteiger partial charge >= 0.3 is 0 Å². The van der Waals surface area contributed by atoms with Gasteiger partial charge in [-0.05, 0) is 38.5 Å². The largest absolute Gasteiger partial charge is 0.317 e. The average Bonchev–Trinajstić information content (AvgIpc) is 2.34. The van der Waals surface area contributed by atoms with Crippen molar-refractivity contribution >= 4 is 0 Å². The van der Waals surface area contributed by atoms with E-state index in [4.69, 9.17) is 0 Å². The van der Waals surface area contributed by atoms with Gasteiger partial charge in [0.2, 0.25) is 0 Å². The molecule has 1 aliphatic heterocycles. The Labute approximate surface area is 57.0 Å². The smallest absolute Gasteiger partial charge is 0.000790 e. The lowest BCUT2D eigenvalue weighted by molar-refractivity contribution is 0.523. The summed E-state index contributed by atoms with van der Waals surface area (Å²) in [5.41, 5.74) is 0. The standard InChI is InChI=1S/C7H16N2/c1-2-8-5-7-3-4-9-6-7/h7-9H,2-6H2,1H3/t7-/m1/s1. The van der Waals surface area contributed by atoms with Crippen LogP contribution in [-0.2, 0) is 0 Å². The van der Waals surface area contributed by atoms with Gasteiger partial charge in [-0.1, -0.05) is 6.92 Å². The van der Waals surface area contributed by atoms with E-state index >= 15 is 0 Å². The Kier molecular flexibility index (Phi) is 3.01. The topological polar surface area (TPSA) is 24.1 Å². The molecule has 2 N–H and O–H groups in total. The predicted octanol–water partition coefficient (Wildman–Crippen LogP) is 0.205. The molecule has 1 fully saturated rings. The van der Waals surface area contributed by atoms with Crippen LogP contribution in [0.15, 0.2) is 0 Å². The molecule has 1 heterocycles. The zero-order valence-corrected chi connectivity index (χ0v) is 6.11. The molecule has 2 nitrogen and oxygen atoms in total. The summed E-state index contributed by atoms with van der Waals surface area (Å²) in [5, 5.41) is 6.69. The van der Waals surface area contributed by atoms with Gasteiger partial charge in [-0.2, -0.15) is 0 Å². The third kappa shape index (κ3) is 2.33. The van der Waals surface area contributed by atoms with Crippen molar-refractivity contribution in [2.24, 2.45) is 5.92 Å². The highest BCUT2D eigenvalue weighted by atomic mass is 14.9. The fourth-order valence-electron chi connectivity index (χ4n) is 1.24. The Morgan fingerprint density at radius 2 is 2.56 bits per heavy atom. The molecule has 0 aromatic rings. The monoisotopic (exact) mass is 128 g/mol. The van der Waals surface area contributed by atoms with Crippen LogP contribution in [0.3, 0.4) is 0 Å². The second kappa shape index (κ2) is 3.85. The quantitative estimate of drug-likeness (QED) is 0.567. The Morgan fingerprint density at radius 3 is 3.11 bits per heavy atom. The van der Waals surface area contributed by atoms with E-state index in [-0.39, 0.29) is 0 Å². The van der Waals surface area contributed by atoms with Crippen LogP contribution in [0.1, 0.15) is 13.3 Å². The van der Waals surface area contributed by atoms with Crippen molar-refractivity contribution < 1.29 is 0 Å². The summed E-state index contributed by atoms with van der Waals surface area (Å²) in [4.78, 5) is 0. The Balaban J connectivity index is 1.98. The molecule has 0 radical (unpaired) electrons. The highest BCUT2D eigenvalue weighted by molar-refractivity contribution is 4.72. The number of hydrogen-bond donors (Lipinski definition) is 2. The highest BCUT2D eigenvalue weighted by Crippen LogP contribution is 2.04. The first-order valence-electron chi connectivity index (χ1n) is 3.85. The summed E-state index contributed by atoms with van der Waals surface area (Å²) in [6, 6.07) is 0. The lowest BCUT2D eigenvalue weighted by Crippen LogP contribution is -2.23. The third-order valence-corrected chi connectivity index (χ3v) is 1.85. The van der Waals surface area contributed by atoms with Crippen molar-refractivity contribution in [3.63, 3.8) is 0 Å². The van der Waals surface area contributed by atoms with Crippen molar-refractivity contribution in [3.05, 3.63) is 0 Å². The predicted molar refractivity (Wildman–Crippen MR) is 39.5 cm³/mol. The van der Waals surface area contributed by atoms with Crippen LogP contribution in [-0.4, -0.2) is 26.2 Å². The van der Waals surface area contributed by atoms with Crippen molar-refractivity contribution in [1.82, 2.24) is 10.6 Å². The molecule has 0 spiro atoms. The minimum atomic E-state index is 0.893. The number of nitrogens with one attached hydrogen (secondary N) is 2. The normalized spacial score (nSPS) is 27.0. The zero-order chi connectivity index (χ0) is 6.53. The highest BCUT2D eigenvalue weighted by Gasteiger charge is 2.12. The maximum Gasteiger partial charge on any atom is -0.000790 e. The van der Waals surface area contributed by atoms with Crippen molar-refractivity contribution in [3.8, 4) is 0 Å². The third-order valence-electron chi connectivity index (χ3n) is 1.85. The van der Waals surface area contributed by atoms with Crippen LogP contribution in [0.4, 0.5) is 0 Å². The second-order valence-electron chi connectivity index (χ2n) is 2.67. The van der Waals surface area contributed by atoms with Gasteiger partial charge in [-0.3, -0.25) is 0 Å². The molecule has 1 aliphatic rings. The van der Waals surface area contributed by atoms with Crippen molar-refractivity contribution in [1.29, 1.82) is 0 Å². The Morgan fingerprint density at radius 1 is 1.67 bits per heavy atom. The van der Waals surface area contributed by atoms with Crippen LogP contribution in [0.2, 0.25) is 0 Å². The van der Waals surface area contributed by atoms with Crippen LogP contribution in [0.25, 0.3) is 0 Å². The summed E-state index contributed by atoms with van der Waals surface area (Å²) in [6.07, 6.45) is 1.35. The molecular weight excluding hydrogens is 112 g/mol. The molecule has 0 unspecified atom stereocenters. The SMILES string of the molecule is CCNC[C@H]1CCNC1. The van der Waals surface area contributed by atoms with E-state index < -0.39 is 0 Å². The molecule has 0 bridgehead atoms. The van der Waals surface area contributed by atoms with E-state index in [0.29, 0.717) is 0 Å². The molecule has 54 valence electrons. The molecule has 1 atom stereocenters. The van der Waals surface area contributed by atoms with Crippen molar-refractivity contribution in [2.45, 2.75) is 13.3 Å². The first-order chi connectivity index (χ1) is 4.43. The van der Waals surface area contributed by atoms with Crippen molar-refractivity contribution in [2.75, 3.05) is 26.2 Å². The molecule has 0 saturated carbocycles. The fourth-order valence-corrected chi connectivity index (χ4v) is 1.24. The first-order valence-corrected chi connectivity index (χ1v) is 3.85. The maximum atomic E-state index is 3.35. The molecule has 0 aromatic heterocycles. The van der Waals surface area contributed by atoms with E-state index in [1.54, 1.807) is 0 Å². The van der Waals surface area contributed by atoms with Crippen LogP contribution < -0.4 is 10.6 Å². The van der Waals surface area contributed by atoms with Crippen LogP contribution in [0.5, 0.6) is 0 Å². The first kappa shape index (κ1) is 7.03. The van der Waals surface area contributed by atoms with E-state index in [1.165, 1.54) is 26.1 Å². The molecule has 9 heavy (non-hydrogen) atoms. The molecule has 0 aromatic carbocycles. The van der Waals surface area contributed by atoms with E-state index in [0.717, 1.165) is 12.5 Å². The van der Waals surface area contributed by atoms with E-state index in [1.807, 2.05) is 0 Å². The van der Waals surface area contributed by atoms with Gasteiger partial charge in [0.1, 0.15) is 0 Å². The van der Waals surface area contributed by atoms with Crippen LogP contribution >= 0.6 is 0 Å². The average molecular weight is 128 g/mol. The minimum Gasteiger partial charge on any atom is -0.317 e. The zero-order valence-electron chi connectivity index (χ0n) is 6.11. The van der Waals surface area contributed by atoms with Gasteiger partial charge in [0.05, 0.1) is 0 Å². The maximum absolute atomic E-state index is 3.35. The van der Waals surface area contributed by atoms with Crippen LogP contribution in [0, 0.1) is 5.92 Å². The molecule has 1 rings (SSSR count).